The number of carbonyl (C=O) groups is 2. The maximum atomic E-state index is 12.1. The van der Waals surface area contributed by atoms with Gasteiger partial charge in [0.1, 0.15) is 5.60 Å². The summed E-state index contributed by atoms with van der Waals surface area (Å²) in [5.74, 6) is -1.84. The van der Waals surface area contributed by atoms with E-state index in [1.54, 1.807) is 20.8 Å². The third-order valence-corrected chi connectivity index (χ3v) is 6.22. The molecular formula is C13H21NO6S. The van der Waals surface area contributed by atoms with Gasteiger partial charge in [-0.2, -0.15) is 0 Å². The molecule has 2 aliphatic heterocycles. The number of carbonyl (C=O) groups excluding carboxylic acids is 1. The number of hydrogen-bond acceptors (Lipinski definition) is 5. The topological polar surface area (TPSA) is 101 Å². The van der Waals surface area contributed by atoms with E-state index < -0.39 is 38.7 Å². The van der Waals surface area contributed by atoms with Crippen LogP contribution in [0.3, 0.4) is 0 Å². The molecule has 0 bridgehead atoms. The SMILES string of the molecule is CC(C)(C)OC(=O)N1C[C@@H]2[C@H](CC(=O)O)CS(=O)(=O)[C@@H]2C1. The minimum Gasteiger partial charge on any atom is -0.481 e. The van der Waals surface area contributed by atoms with Gasteiger partial charge >= 0.3 is 12.1 Å². The largest absolute Gasteiger partial charge is 0.481 e. The molecule has 120 valence electrons. The highest BCUT2D eigenvalue weighted by molar-refractivity contribution is 7.92. The van der Waals surface area contributed by atoms with Crippen molar-refractivity contribution in [3.63, 3.8) is 0 Å². The van der Waals surface area contributed by atoms with E-state index in [1.807, 2.05) is 0 Å². The molecule has 0 radical (unpaired) electrons. The van der Waals surface area contributed by atoms with Crippen molar-refractivity contribution in [2.75, 3.05) is 18.8 Å². The number of amides is 1. The Morgan fingerprint density at radius 1 is 1.29 bits per heavy atom. The lowest BCUT2D eigenvalue weighted by molar-refractivity contribution is -0.138. The molecule has 0 aliphatic carbocycles. The van der Waals surface area contributed by atoms with Crippen LogP contribution in [0.5, 0.6) is 0 Å². The molecule has 0 saturated carbocycles. The van der Waals surface area contributed by atoms with Crippen molar-refractivity contribution in [2.24, 2.45) is 11.8 Å². The first-order valence-corrected chi connectivity index (χ1v) is 8.62. The van der Waals surface area contributed by atoms with E-state index in [-0.39, 0.29) is 31.2 Å². The summed E-state index contributed by atoms with van der Waals surface area (Å²) in [6, 6.07) is 0. The minimum absolute atomic E-state index is 0.0953. The van der Waals surface area contributed by atoms with Crippen LogP contribution in [-0.2, 0) is 19.4 Å². The highest BCUT2D eigenvalue weighted by Crippen LogP contribution is 2.39. The number of carboxylic acids is 1. The molecule has 0 aromatic heterocycles. The second kappa shape index (κ2) is 5.15. The van der Waals surface area contributed by atoms with Crippen molar-refractivity contribution in [2.45, 2.75) is 38.0 Å². The molecular weight excluding hydrogens is 298 g/mol. The Kier molecular flexibility index (Phi) is 3.94. The molecule has 1 amide bonds. The molecule has 2 rings (SSSR count). The molecule has 2 heterocycles. The van der Waals surface area contributed by atoms with Crippen LogP contribution < -0.4 is 0 Å². The van der Waals surface area contributed by atoms with Crippen molar-refractivity contribution >= 4 is 21.9 Å². The lowest BCUT2D eigenvalue weighted by Crippen LogP contribution is -2.37. The lowest BCUT2D eigenvalue weighted by atomic mass is 9.91. The van der Waals surface area contributed by atoms with Crippen molar-refractivity contribution < 1.29 is 27.9 Å². The first kappa shape index (κ1) is 16.1. The van der Waals surface area contributed by atoms with Gasteiger partial charge in [-0.05, 0) is 32.6 Å². The van der Waals surface area contributed by atoms with E-state index in [4.69, 9.17) is 9.84 Å². The van der Waals surface area contributed by atoms with Crippen LogP contribution in [0.2, 0.25) is 0 Å². The Labute approximate surface area is 124 Å². The van der Waals surface area contributed by atoms with Crippen molar-refractivity contribution in [3.05, 3.63) is 0 Å². The molecule has 1 N–H and O–H groups in total. The van der Waals surface area contributed by atoms with Gasteiger partial charge in [0.25, 0.3) is 0 Å². The van der Waals surface area contributed by atoms with Crippen molar-refractivity contribution in [1.82, 2.24) is 4.90 Å². The summed E-state index contributed by atoms with van der Waals surface area (Å²) in [6.07, 6.45) is -0.719. The summed E-state index contributed by atoms with van der Waals surface area (Å²) in [5.41, 5.74) is -0.645. The summed E-state index contributed by atoms with van der Waals surface area (Å²) in [5, 5.41) is 8.23. The third-order valence-electron chi connectivity index (χ3n) is 3.91. The maximum Gasteiger partial charge on any atom is 0.410 e. The zero-order valence-corrected chi connectivity index (χ0v) is 13.2. The number of rotatable bonds is 2. The standard InChI is InChI=1S/C13H21NO6S/c1-13(2,3)20-12(17)14-5-9-8(4-11(15)16)7-21(18,19)10(9)6-14/h8-10H,4-7H2,1-3H3,(H,15,16)/t8-,9-,10-/m1/s1. The van der Waals surface area contributed by atoms with Crippen LogP contribution in [0.1, 0.15) is 27.2 Å². The molecule has 0 aromatic rings. The van der Waals surface area contributed by atoms with Crippen LogP contribution in [-0.4, -0.2) is 60.2 Å². The van der Waals surface area contributed by atoms with E-state index in [2.05, 4.69) is 0 Å². The van der Waals surface area contributed by atoms with Gasteiger partial charge in [-0.25, -0.2) is 13.2 Å². The fourth-order valence-electron chi connectivity index (χ4n) is 3.09. The summed E-state index contributed by atoms with van der Waals surface area (Å²) in [7, 11) is -3.34. The Morgan fingerprint density at radius 3 is 2.43 bits per heavy atom. The van der Waals surface area contributed by atoms with Gasteiger partial charge in [0.05, 0.1) is 11.0 Å². The van der Waals surface area contributed by atoms with Crippen molar-refractivity contribution in [3.8, 4) is 0 Å². The van der Waals surface area contributed by atoms with Gasteiger partial charge in [-0.3, -0.25) is 4.79 Å². The van der Waals surface area contributed by atoms with Crippen LogP contribution >= 0.6 is 0 Å². The van der Waals surface area contributed by atoms with E-state index >= 15 is 0 Å². The van der Waals surface area contributed by atoms with Crippen molar-refractivity contribution in [1.29, 1.82) is 0 Å². The van der Waals surface area contributed by atoms with E-state index in [1.165, 1.54) is 4.90 Å². The fraction of sp³-hybridized carbons (Fsp3) is 0.846. The number of hydrogen-bond donors (Lipinski definition) is 1. The minimum atomic E-state index is -3.34. The Bertz CT molecular complexity index is 549. The number of aliphatic carboxylic acids is 1. The predicted molar refractivity (Wildman–Crippen MR) is 74.6 cm³/mol. The molecule has 2 saturated heterocycles. The van der Waals surface area contributed by atoms with Gasteiger partial charge in [0.15, 0.2) is 9.84 Å². The number of fused-ring (bicyclic) bond motifs is 1. The Balaban J connectivity index is 2.11. The summed E-state index contributed by atoms with van der Waals surface area (Å²) < 4.78 is 29.5. The average Bonchev–Trinajstić information content (AvgIpc) is 2.77. The molecule has 0 spiro atoms. The van der Waals surface area contributed by atoms with Crippen LogP contribution in [0.15, 0.2) is 0 Å². The number of carboxylic acid groups (broad SMARTS) is 1. The molecule has 7 nitrogen and oxygen atoms in total. The molecule has 0 unspecified atom stereocenters. The van der Waals surface area contributed by atoms with Gasteiger partial charge in [-0.15, -0.1) is 0 Å². The average molecular weight is 319 g/mol. The normalized spacial score (nSPS) is 31.0. The Hall–Kier alpha value is -1.31. The molecule has 8 heteroatoms. The summed E-state index contributed by atoms with van der Waals surface area (Å²) in [4.78, 5) is 24.3. The summed E-state index contributed by atoms with van der Waals surface area (Å²) >= 11 is 0. The quantitative estimate of drug-likeness (QED) is 0.805. The van der Waals surface area contributed by atoms with E-state index in [0.29, 0.717) is 0 Å². The molecule has 2 fully saturated rings. The van der Waals surface area contributed by atoms with Gasteiger partial charge < -0.3 is 14.7 Å². The fourth-order valence-corrected chi connectivity index (χ4v) is 5.54. The first-order chi connectivity index (χ1) is 9.49. The van der Waals surface area contributed by atoms with E-state index in [9.17, 15) is 18.0 Å². The highest BCUT2D eigenvalue weighted by Gasteiger charge is 2.53. The van der Waals surface area contributed by atoms with E-state index in [0.717, 1.165) is 0 Å². The molecule has 0 aromatic carbocycles. The zero-order chi connectivity index (χ0) is 16.0. The van der Waals surface area contributed by atoms with Crippen LogP contribution in [0, 0.1) is 11.8 Å². The lowest BCUT2D eigenvalue weighted by Gasteiger charge is -2.25. The number of ether oxygens (including phenoxy) is 1. The zero-order valence-electron chi connectivity index (χ0n) is 12.4. The molecule has 3 atom stereocenters. The van der Waals surface area contributed by atoms with Crippen LogP contribution in [0.25, 0.3) is 0 Å². The second-order valence-corrected chi connectivity index (χ2v) is 9.04. The van der Waals surface area contributed by atoms with Gasteiger partial charge in [0, 0.05) is 19.5 Å². The number of nitrogens with zero attached hydrogens (tertiary/aromatic N) is 1. The highest BCUT2D eigenvalue weighted by atomic mass is 32.2. The monoisotopic (exact) mass is 319 g/mol. The molecule has 2 aliphatic rings. The maximum absolute atomic E-state index is 12.1. The number of likely N-dealkylation sites (tertiary alicyclic amines) is 1. The van der Waals surface area contributed by atoms with Gasteiger partial charge in [-0.1, -0.05) is 0 Å². The third kappa shape index (κ3) is 3.48. The smallest absolute Gasteiger partial charge is 0.410 e. The number of sulfone groups is 1. The molecule has 21 heavy (non-hydrogen) atoms. The Morgan fingerprint density at radius 2 is 1.90 bits per heavy atom. The van der Waals surface area contributed by atoms with Crippen LogP contribution in [0.4, 0.5) is 4.79 Å². The first-order valence-electron chi connectivity index (χ1n) is 6.91. The predicted octanol–water partition coefficient (Wildman–Crippen LogP) is 0.741. The summed E-state index contributed by atoms with van der Waals surface area (Å²) in [6.45, 7) is 5.57. The van der Waals surface area contributed by atoms with Gasteiger partial charge in [0.2, 0.25) is 0 Å². The second-order valence-electron chi connectivity index (χ2n) is 6.78.